The predicted molar refractivity (Wildman–Crippen MR) is 72.0 cm³/mol. The zero-order chi connectivity index (χ0) is 13.6. The number of ether oxygens (including phenoxy) is 2. The first-order chi connectivity index (χ1) is 8.51. The monoisotopic (exact) mass is 271 g/mol. The Labute approximate surface area is 112 Å². The maximum atomic E-state index is 11.9. The lowest BCUT2D eigenvalue weighted by atomic mass is 9.98. The highest BCUT2D eigenvalue weighted by Crippen LogP contribution is 2.22. The molecule has 0 aliphatic rings. The number of hydrogen-bond donors (Lipinski definition) is 1. The molecule has 0 saturated carbocycles. The molecule has 0 aromatic heterocycles. The van der Waals surface area contributed by atoms with E-state index in [-0.39, 0.29) is 5.97 Å². The highest BCUT2D eigenvalue weighted by atomic mass is 35.5. The summed E-state index contributed by atoms with van der Waals surface area (Å²) in [6.07, 6.45) is 0.503. The van der Waals surface area contributed by atoms with Crippen LogP contribution in [0.2, 0.25) is 5.02 Å². The standard InChI is InChI=1S/C13H18ClNO3/c1-13(7-8-17-2,12(16)18-3)15-11-6-4-5-10(14)9-11/h4-6,9,15H,7-8H2,1-3H3. The first-order valence-corrected chi connectivity index (χ1v) is 6.01. The average Bonchev–Trinajstić information content (AvgIpc) is 2.35. The van der Waals surface area contributed by atoms with Gasteiger partial charge in [0.25, 0.3) is 0 Å². The summed E-state index contributed by atoms with van der Waals surface area (Å²) >= 11 is 5.91. The van der Waals surface area contributed by atoms with Gasteiger partial charge in [-0.25, -0.2) is 4.79 Å². The molecule has 1 atom stereocenters. The van der Waals surface area contributed by atoms with E-state index >= 15 is 0 Å². The molecule has 1 aromatic rings. The first kappa shape index (κ1) is 14.8. The Morgan fingerprint density at radius 3 is 2.72 bits per heavy atom. The van der Waals surface area contributed by atoms with Gasteiger partial charge in [-0.05, 0) is 25.1 Å². The zero-order valence-corrected chi connectivity index (χ0v) is 11.6. The largest absolute Gasteiger partial charge is 0.467 e. The van der Waals surface area contributed by atoms with Gasteiger partial charge in [0.15, 0.2) is 0 Å². The number of halogens is 1. The van der Waals surface area contributed by atoms with Crippen LogP contribution in [0.4, 0.5) is 5.69 Å². The van der Waals surface area contributed by atoms with Crippen LogP contribution < -0.4 is 5.32 Å². The van der Waals surface area contributed by atoms with Crippen LogP contribution in [0.3, 0.4) is 0 Å². The number of anilines is 1. The van der Waals surface area contributed by atoms with E-state index in [2.05, 4.69) is 5.32 Å². The summed E-state index contributed by atoms with van der Waals surface area (Å²) in [5.74, 6) is -0.334. The second kappa shape index (κ2) is 6.61. The molecule has 1 rings (SSSR count). The van der Waals surface area contributed by atoms with Crippen LogP contribution in [0, 0.1) is 0 Å². The molecule has 5 heteroatoms. The molecule has 0 bridgehead atoms. The molecule has 0 amide bonds. The van der Waals surface area contributed by atoms with Crippen molar-refractivity contribution >= 4 is 23.3 Å². The van der Waals surface area contributed by atoms with Gasteiger partial charge in [0.1, 0.15) is 5.54 Å². The second-order valence-corrected chi connectivity index (χ2v) is 4.64. The number of carbonyl (C=O) groups excluding carboxylic acids is 1. The average molecular weight is 272 g/mol. The molecule has 0 spiro atoms. The van der Waals surface area contributed by atoms with E-state index in [9.17, 15) is 4.79 Å². The molecule has 1 unspecified atom stereocenters. The van der Waals surface area contributed by atoms with Crippen LogP contribution in [0.25, 0.3) is 0 Å². The Balaban J connectivity index is 2.87. The molecule has 0 heterocycles. The molecule has 0 fully saturated rings. The highest BCUT2D eigenvalue weighted by Gasteiger charge is 2.34. The van der Waals surface area contributed by atoms with Crippen LogP contribution in [-0.2, 0) is 14.3 Å². The van der Waals surface area contributed by atoms with Crippen molar-refractivity contribution < 1.29 is 14.3 Å². The summed E-state index contributed by atoms with van der Waals surface area (Å²) < 4.78 is 9.84. The van der Waals surface area contributed by atoms with Crippen molar-refractivity contribution in [2.24, 2.45) is 0 Å². The Bertz CT molecular complexity index is 411. The van der Waals surface area contributed by atoms with E-state index in [1.54, 1.807) is 26.2 Å². The molecule has 100 valence electrons. The van der Waals surface area contributed by atoms with Crippen molar-refractivity contribution in [3.05, 3.63) is 29.3 Å². The van der Waals surface area contributed by atoms with Gasteiger partial charge in [-0.3, -0.25) is 0 Å². The molecule has 1 aromatic carbocycles. The number of benzene rings is 1. The van der Waals surface area contributed by atoms with E-state index in [4.69, 9.17) is 21.1 Å². The van der Waals surface area contributed by atoms with Gasteiger partial charge < -0.3 is 14.8 Å². The molecule has 0 aliphatic carbocycles. The van der Waals surface area contributed by atoms with Crippen molar-refractivity contribution in [3.63, 3.8) is 0 Å². The van der Waals surface area contributed by atoms with Crippen LogP contribution in [0.5, 0.6) is 0 Å². The fourth-order valence-corrected chi connectivity index (χ4v) is 1.82. The lowest BCUT2D eigenvalue weighted by Crippen LogP contribution is -2.45. The number of esters is 1. The van der Waals surface area contributed by atoms with Crippen LogP contribution in [0.1, 0.15) is 13.3 Å². The Morgan fingerprint density at radius 1 is 1.44 bits per heavy atom. The number of methoxy groups -OCH3 is 2. The third kappa shape index (κ3) is 3.89. The third-order valence-corrected chi connectivity index (χ3v) is 2.92. The third-order valence-electron chi connectivity index (χ3n) is 2.69. The smallest absolute Gasteiger partial charge is 0.331 e. The van der Waals surface area contributed by atoms with Gasteiger partial charge in [0, 0.05) is 30.8 Å². The van der Waals surface area contributed by atoms with Gasteiger partial charge in [-0.1, -0.05) is 17.7 Å². The Hall–Kier alpha value is -1.26. The van der Waals surface area contributed by atoms with E-state index in [0.717, 1.165) is 5.69 Å². The minimum atomic E-state index is -0.838. The van der Waals surface area contributed by atoms with Crippen LogP contribution in [-0.4, -0.2) is 32.3 Å². The lowest BCUT2D eigenvalue weighted by molar-refractivity contribution is -0.146. The molecule has 0 radical (unpaired) electrons. The summed E-state index contributed by atoms with van der Waals surface area (Å²) in [5.41, 5.74) is -0.0679. The van der Waals surface area contributed by atoms with E-state index in [1.165, 1.54) is 7.11 Å². The molecule has 4 nitrogen and oxygen atoms in total. The van der Waals surface area contributed by atoms with Crippen molar-refractivity contribution in [1.82, 2.24) is 0 Å². The van der Waals surface area contributed by atoms with Crippen molar-refractivity contribution in [2.45, 2.75) is 18.9 Å². The van der Waals surface area contributed by atoms with Crippen molar-refractivity contribution in [3.8, 4) is 0 Å². The quantitative estimate of drug-likeness (QED) is 0.808. The summed E-state index contributed by atoms with van der Waals surface area (Å²) in [4.78, 5) is 11.9. The number of hydrogen-bond acceptors (Lipinski definition) is 4. The van der Waals surface area contributed by atoms with Gasteiger partial charge in [0.05, 0.1) is 7.11 Å². The number of carbonyl (C=O) groups is 1. The van der Waals surface area contributed by atoms with Crippen molar-refractivity contribution in [1.29, 1.82) is 0 Å². The first-order valence-electron chi connectivity index (χ1n) is 5.63. The second-order valence-electron chi connectivity index (χ2n) is 4.20. The summed E-state index contributed by atoms with van der Waals surface area (Å²) in [6, 6.07) is 7.20. The minimum absolute atomic E-state index is 0.334. The van der Waals surface area contributed by atoms with Crippen LogP contribution >= 0.6 is 11.6 Å². The van der Waals surface area contributed by atoms with Crippen LogP contribution in [0.15, 0.2) is 24.3 Å². The fraction of sp³-hybridized carbons (Fsp3) is 0.462. The van der Waals surface area contributed by atoms with Gasteiger partial charge in [-0.2, -0.15) is 0 Å². The molecule has 0 aliphatic heterocycles. The summed E-state index contributed by atoms with van der Waals surface area (Å²) in [7, 11) is 2.96. The van der Waals surface area contributed by atoms with E-state index in [1.807, 2.05) is 12.1 Å². The SMILES string of the molecule is COCCC(C)(Nc1cccc(Cl)c1)C(=O)OC. The summed E-state index contributed by atoms with van der Waals surface area (Å²) in [5, 5.41) is 3.75. The minimum Gasteiger partial charge on any atom is -0.467 e. The fourth-order valence-electron chi connectivity index (χ4n) is 1.63. The summed E-state index contributed by atoms with van der Waals surface area (Å²) in [6.45, 7) is 2.23. The maximum absolute atomic E-state index is 11.9. The molecule has 0 saturated heterocycles. The van der Waals surface area contributed by atoms with E-state index < -0.39 is 5.54 Å². The topological polar surface area (TPSA) is 47.6 Å². The normalized spacial score (nSPS) is 13.8. The maximum Gasteiger partial charge on any atom is 0.331 e. The van der Waals surface area contributed by atoms with Gasteiger partial charge in [-0.15, -0.1) is 0 Å². The zero-order valence-electron chi connectivity index (χ0n) is 10.8. The predicted octanol–water partition coefficient (Wildman–Crippen LogP) is 2.72. The molecule has 1 N–H and O–H groups in total. The Morgan fingerprint density at radius 2 is 2.17 bits per heavy atom. The van der Waals surface area contributed by atoms with Gasteiger partial charge in [0.2, 0.25) is 0 Å². The molecule has 18 heavy (non-hydrogen) atoms. The number of rotatable bonds is 6. The molecular formula is C13H18ClNO3. The highest BCUT2D eigenvalue weighted by molar-refractivity contribution is 6.30. The van der Waals surface area contributed by atoms with E-state index in [0.29, 0.717) is 18.1 Å². The number of nitrogens with one attached hydrogen (secondary N) is 1. The van der Waals surface area contributed by atoms with Crippen molar-refractivity contribution in [2.75, 3.05) is 26.1 Å². The Kier molecular flexibility index (Phi) is 5.44. The lowest BCUT2D eigenvalue weighted by Gasteiger charge is -2.28. The van der Waals surface area contributed by atoms with Gasteiger partial charge >= 0.3 is 5.97 Å². The molecular weight excluding hydrogens is 254 g/mol.